The molecule has 1 N–H and O–H groups in total. The number of carbonyl (C=O) groups is 2. The van der Waals surface area contributed by atoms with Crippen LogP contribution in [0.2, 0.25) is 0 Å². The first-order valence-electron chi connectivity index (χ1n) is 8.03. The number of nitrogens with one attached hydrogen (secondary N) is 1. The zero-order chi connectivity index (χ0) is 16.9. The number of amides is 2. The Morgan fingerprint density at radius 1 is 1.42 bits per heavy atom. The average molecular weight is 344 g/mol. The maximum atomic E-state index is 12.5. The van der Waals surface area contributed by atoms with Gasteiger partial charge in [-0.2, -0.15) is 0 Å². The van der Waals surface area contributed by atoms with Crippen LogP contribution < -0.4 is 5.32 Å². The van der Waals surface area contributed by atoms with Gasteiger partial charge in [-0.25, -0.2) is 9.97 Å². The highest BCUT2D eigenvalue weighted by atomic mass is 32.1. The second-order valence-corrected chi connectivity index (χ2v) is 6.86. The van der Waals surface area contributed by atoms with Crippen molar-refractivity contribution in [3.05, 3.63) is 46.2 Å². The molecule has 126 valence electrons. The van der Waals surface area contributed by atoms with Crippen LogP contribution in [0.15, 0.2) is 29.9 Å². The topological polar surface area (TPSA) is 75.2 Å². The second kappa shape index (κ2) is 7.53. The van der Waals surface area contributed by atoms with Crippen molar-refractivity contribution in [2.45, 2.75) is 19.3 Å². The van der Waals surface area contributed by atoms with Gasteiger partial charge < -0.3 is 10.2 Å². The molecule has 3 heterocycles. The fourth-order valence-corrected chi connectivity index (χ4v) is 3.72. The minimum Gasteiger partial charge on any atom is -0.354 e. The first-order chi connectivity index (χ1) is 11.7. The molecule has 0 radical (unpaired) electrons. The summed E-state index contributed by atoms with van der Waals surface area (Å²) >= 11 is 1.48. The molecule has 1 atom stereocenters. The number of carbonyl (C=O) groups excluding carboxylic acids is 2. The molecule has 2 aromatic rings. The van der Waals surface area contributed by atoms with E-state index in [4.69, 9.17) is 0 Å². The lowest BCUT2D eigenvalue weighted by Gasteiger charge is -2.32. The highest BCUT2D eigenvalue weighted by molar-refractivity contribution is 7.12. The molecular formula is C17H20N4O2S. The normalized spacial score (nSPS) is 17.5. The maximum Gasteiger partial charge on any atom is 0.269 e. The van der Waals surface area contributed by atoms with E-state index in [1.54, 1.807) is 13.1 Å². The highest BCUT2D eigenvalue weighted by Crippen LogP contribution is 2.23. The van der Waals surface area contributed by atoms with E-state index >= 15 is 0 Å². The number of hydrogen-bond donors (Lipinski definition) is 1. The Labute approximate surface area is 144 Å². The lowest BCUT2D eigenvalue weighted by Crippen LogP contribution is -2.40. The Kier molecular flexibility index (Phi) is 5.20. The predicted octanol–water partition coefficient (Wildman–Crippen LogP) is 1.99. The molecule has 1 unspecified atom stereocenters. The van der Waals surface area contributed by atoms with Gasteiger partial charge in [0.25, 0.3) is 11.8 Å². The first kappa shape index (κ1) is 16.6. The quantitative estimate of drug-likeness (QED) is 0.920. The van der Waals surface area contributed by atoms with Crippen molar-refractivity contribution in [1.82, 2.24) is 20.2 Å². The van der Waals surface area contributed by atoms with Gasteiger partial charge in [0.05, 0.1) is 4.88 Å². The molecule has 1 aliphatic heterocycles. The Balaban J connectivity index is 1.65. The van der Waals surface area contributed by atoms with Crippen molar-refractivity contribution in [1.29, 1.82) is 0 Å². The first-order valence-corrected chi connectivity index (χ1v) is 8.91. The number of rotatable bonds is 4. The smallest absolute Gasteiger partial charge is 0.269 e. The summed E-state index contributed by atoms with van der Waals surface area (Å²) in [6, 6.07) is 5.51. The average Bonchev–Trinajstić information content (AvgIpc) is 3.15. The number of aromatic nitrogens is 2. The summed E-state index contributed by atoms with van der Waals surface area (Å²) in [6.07, 6.45) is 4.24. The Bertz CT molecular complexity index is 717. The van der Waals surface area contributed by atoms with Crippen LogP contribution in [0, 0.1) is 5.92 Å². The van der Waals surface area contributed by atoms with E-state index in [1.165, 1.54) is 17.7 Å². The van der Waals surface area contributed by atoms with Crippen molar-refractivity contribution in [2.75, 3.05) is 20.1 Å². The van der Waals surface area contributed by atoms with Gasteiger partial charge in [-0.1, -0.05) is 6.07 Å². The van der Waals surface area contributed by atoms with Crippen molar-refractivity contribution in [2.24, 2.45) is 5.92 Å². The van der Waals surface area contributed by atoms with Crippen molar-refractivity contribution < 1.29 is 9.59 Å². The van der Waals surface area contributed by atoms with E-state index in [1.807, 2.05) is 22.4 Å². The number of hydrogen-bond acceptors (Lipinski definition) is 5. The van der Waals surface area contributed by atoms with Crippen LogP contribution in [0.1, 0.15) is 38.7 Å². The van der Waals surface area contributed by atoms with E-state index in [-0.39, 0.29) is 11.8 Å². The van der Waals surface area contributed by atoms with Gasteiger partial charge in [0, 0.05) is 25.8 Å². The van der Waals surface area contributed by atoms with Gasteiger partial charge in [-0.15, -0.1) is 11.3 Å². The molecule has 0 saturated carbocycles. The summed E-state index contributed by atoms with van der Waals surface area (Å²) in [5, 5.41) is 4.50. The van der Waals surface area contributed by atoms with Gasteiger partial charge >= 0.3 is 0 Å². The molecule has 7 heteroatoms. The Morgan fingerprint density at radius 3 is 3.04 bits per heavy atom. The number of piperidine rings is 1. The standard InChI is InChI=1S/C17H20N4O2S/c1-18-16(22)14-9-13(19-11-20-14)8-12-4-2-6-21(10-12)17(23)15-5-3-7-24-15/h3,5,7,9,11-12H,2,4,6,8,10H2,1H3,(H,18,22). The molecular weight excluding hydrogens is 324 g/mol. The van der Waals surface area contributed by atoms with Crippen LogP contribution in [0.5, 0.6) is 0 Å². The maximum absolute atomic E-state index is 12.5. The third-order valence-electron chi connectivity index (χ3n) is 4.22. The SMILES string of the molecule is CNC(=O)c1cc(CC2CCCN(C(=O)c3cccs3)C2)ncn1. The van der Waals surface area contributed by atoms with Gasteiger partial charge in [0.2, 0.25) is 0 Å². The molecule has 3 rings (SSSR count). The summed E-state index contributed by atoms with van der Waals surface area (Å²) in [4.78, 5) is 35.2. The molecule has 2 amide bonds. The summed E-state index contributed by atoms with van der Waals surface area (Å²) in [5.74, 6) is 0.260. The van der Waals surface area contributed by atoms with Crippen LogP contribution in [0.3, 0.4) is 0 Å². The van der Waals surface area contributed by atoms with Crippen LogP contribution in [0.4, 0.5) is 0 Å². The van der Waals surface area contributed by atoms with E-state index < -0.39 is 0 Å². The van der Waals surface area contributed by atoms with Crippen molar-refractivity contribution in [3.63, 3.8) is 0 Å². The molecule has 0 aliphatic carbocycles. The minimum absolute atomic E-state index is 0.114. The third kappa shape index (κ3) is 3.79. The van der Waals surface area contributed by atoms with E-state index in [2.05, 4.69) is 15.3 Å². The summed E-state index contributed by atoms with van der Waals surface area (Å²) in [5.41, 5.74) is 1.23. The molecule has 6 nitrogen and oxygen atoms in total. The van der Waals surface area contributed by atoms with Crippen molar-refractivity contribution in [3.8, 4) is 0 Å². The molecule has 0 bridgehead atoms. The number of nitrogens with zero attached hydrogens (tertiary/aromatic N) is 3. The van der Waals surface area contributed by atoms with Crippen LogP contribution in [-0.4, -0.2) is 46.8 Å². The van der Waals surface area contributed by atoms with Crippen LogP contribution >= 0.6 is 11.3 Å². The Morgan fingerprint density at radius 2 is 2.29 bits per heavy atom. The van der Waals surface area contributed by atoms with Gasteiger partial charge in [0.1, 0.15) is 12.0 Å². The van der Waals surface area contributed by atoms with Crippen LogP contribution in [-0.2, 0) is 6.42 Å². The lowest BCUT2D eigenvalue weighted by molar-refractivity contribution is 0.0677. The molecule has 0 spiro atoms. The lowest BCUT2D eigenvalue weighted by atomic mass is 9.93. The van der Waals surface area contributed by atoms with Gasteiger partial charge in [-0.3, -0.25) is 9.59 Å². The fourth-order valence-electron chi connectivity index (χ4n) is 3.03. The number of likely N-dealkylation sites (tertiary alicyclic amines) is 1. The minimum atomic E-state index is -0.211. The molecule has 1 saturated heterocycles. The summed E-state index contributed by atoms with van der Waals surface area (Å²) in [6.45, 7) is 1.54. The molecule has 1 fully saturated rings. The summed E-state index contributed by atoms with van der Waals surface area (Å²) in [7, 11) is 1.58. The van der Waals surface area contributed by atoms with E-state index in [0.29, 0.717) is 11.6 Å². The molecule has 1 aliphatic rings. The molecule has 0 aromatic carbocycles. The highest BCUT2D eigenvalue weighted by Gasteiger charge is 2.25. The molecule has 24 heavy (non-hydrogen) atoms. The Hall–Kier alpha value is -2.28. The van der Waals surface area contributed by atoms with Gasteiger partial charge in [0.15, 0.2) is 0 Å². The third-order valence-corrected chi connectivity index (χ3v) is 5.08. The monoisotopic (exact) mass is 344 g/mol. The van der Waals surface area contributed by atoms with E-state index in [0.717, 1.165) is 42.9 Å². The zero-order valence-electron chi connectivity index (χ0n) is 13.6. The predicted molar refractivity (Wildman–Crippen MR) is 92.1 cm³/mol. The second-order valence-electron chi connectivity index (χ2n) is 5.91. The van der Waals surface area contributed by atoms with Gasteiger partial charge in [-0.05, 0) is 42.7 Å². The van der Waals surface area contributed by atoms with E-state index in [9.17, 15) is 9.59 Å². The molecule has 2 aromatic heterocycles. The van der Waals surface area contributed by atoms with Crippen LogP contribution in [0.25, 0.3) is 0 Å². The van der Waals surface area contributed by atoms with Crippen molar-refractivity contribution >= 4 is 23.2 Å². The fraction of sp³-hybridized carbons (Fsp3) is 0.412. The number of thiophene rings is 1. The largest absolute Gasteiger partial charge is 0.354 e. The zero-order valence-corrected chi connectivity index (χ0v) is 14.4. The summed E-state index contributed by atoms with van der Waals surface area (Å²) < 4.78 is 0.